The molecule has 0 aliphatic carbocycles. The van der Waals surface area contributed by atoms with Crippen molar-refractivity contribution in [2.75, 3.05) is 13.2 Å². The van der Waals surface area contributed by atoms with Gasteiger partial charge in [0.25, 0.3) is 0 Å². The Morgan fingerprint density at radius 1 is 0.435 bits per heavy atom. The van der Waals surface area contributed by atoms with Crippen LogP contribution in [-0.2, 0) is 41.5 Å². The molecule has 2 amide bonds. The van der Waals surface area contributed by atoms with Crippen molar-refractivity contribution in [1.29, 1.82) is 0 Å². The molecule has 0 saturated carbocycles. The summed E-state index contributed by atoms with van der Waals surface area (Å²) in [4.78, 5) is 52.5. The molecule has 0 bridgehead atoms. The monoisotopic (exact) mass is 863 g/mol. The van der Waals surface area contributed by atoms with Gasteiger partial charge in [0.05, 0.1) is 0 Å². The highest BCUT2D eigenvalue weighted by atomic mass is 16.6. The summed E-state index contributed by atoms with van der Waals surface area (Å²) in [5, 5.41) is 16.4. The summed E-state index contributed by atoms with van der Waals surface area (Å²) in [6.45, 7) is 3.67. The van der Waals surface area contributed by atoms with E-state index in [0.29, 0.717) is 12.8 Å². The van der Waals surface area contributed by atoms with E-state index in [1.807, 2.05) is 60.7 Å². The van der Waals surface area contributed by atoms with Gasteiger partial charge >= 0.3 is 11.9 Å². The highest BCUT2D eigenvalue weighted by molar-refractivity contribution is 5.85. The topological polar surface area (TPSA) is 131 Å². The lowest BCUT2D eigenvalue weighted by atomic mass is 10.0. The second-order valence-corrected chi connectivity index (χ2v) is 17.5. The molecular weight excluding hydrogens is 777 g/mol. The van der Waals surface area contributed by atoms with Gasteiger partial charge in [0.1, 0.15) is 31.4 Å². The van der Waals surface area contributed by atoms with E-state index in [1.165, 1.54) is 128 Å². The number of benzene rings is 2. The predicted octanol–water partition coefficient (Wildman–Crippen LogP) is 11.9. The number of amides is 2. The molecule has 9 nitrogen and oxygen atoms in total. The molecule has 0 spiro atoms. The second kappa shape index (κ2) is 37.8. The van der Waals surface area contributed by atoms with E-state index in [9.17, 15) is 24.3 Å². The molecule has 0 saturated heterocycles. The molecule has 0 fully saturated rings. The van der Waals surface area contributed by atoms with Crippen LogP contribution in [0, 0.1) is 0 Å². The van der Waals surface area contributed by atoms with Crippen molar-refractivity contribution < 1.29 is 33.8 Å². The number of esters is 2. The van der Waals surface area contributed by atoms with Crippen molar-refractivity contribution in [3.05, 3.63) is 71.8 Å². The minimum Gasteiger partial charge on any atom is -0.461 e. The number of unbranched alkanes of at least 4 members (excludes halogenated alkanes) is 24. The minimum atomic E-state index is -1.29. The van der Waals surface area contributed by atoms with E-state index in [0.717, 1.165) is 49.7 Å². The molecule has 2 aromatic carbocycles. The summed E-state index contributed by atoms with van der Waals surface area (Å²) in [6, 6.07) is 17.0. The second-order valence-electron chi connectivity index (χ2n) is 17.5. The zero-order chi connectivity index (χ0) is 44.7. The maximum atomic E-state index is 13.3. The average Bonchev–Trinajstić information content (AvgIpc) is 3.28. The maximum absolute atomic E-state index is 13.3. The molecule has 0 heterocycles. The zero-order valence-corrected chi connectivity index (χ0v) is 39.0. The summed E-state index contributed by atoms with van der Waals surface area (Å²) in [6.07, 6.45) is 31.6. The van der Waals surface area contributed by atoms with Crippen LogP contribution >= 0.6 is 0 Å². The Labute approximate surface area is 376 Å². The highest BCUT2D eigenvalue weighted by Gasteiger charge is 2.26. The number of carbonyl (C=O) groups is 4. The lowest BCUT2D eigenvalue weighted by molar-refractivity contribution is -0.156. The number of nitrogens with one attached hydrogen (secondary N) is 2. The standard InChI is InChI=1S/C53H86N2O7/c1-3-5-7-9-11-13-15-17-19-21-23-25-33-39-50(57)54-48(41-45-35-29-27-30-36-45)52(59)61-43-47(56)44-62-53(60)49(42-46-37-31-28-32-38-46)55-51(58)40-34-26-24-22-20-18-16-14-12-10-8-6-4-2/h27-32,35-38,47-49,56H,3-26,33-34,39-44H2,1-2H3,(H,54,57)(H,55,58). The van der Waals surface area contributed by atoms with Crippen molar-refractivity contribution >= 4 is 23.8 Å². The number of ether oxygens (including phenoxy) is 2. The maximum Gasteiger partial charge on any atom is 0.329 e. The van der Waals surface area contributed by atoms with E-state index >= 15 is 0 Å². The van der Waals surface area contributed by atoms with Crippen molar-refractivity contribution in [2.45, 2.75) is 225 Å². The largest absolute Gasteiger partial charge is 0.461 e. The number of hydrogen-bond acceptors (Lipinski definition) is 7. The van der Waals surface area contributed by atoms with Gasteiger partial charge in [0, 0.05) is 25.7 Å². The number of carbonyl (C=O) groups excluding carboxylic acids is 4. The third-order valence-electron chi connectivity index (χ3n) is 11.7. The third-order valence-corrected chi connectivity index (χ3v) is 11.7. The van der Waals surface area contributed by atoms with E-state index in [4.69, 9.17) is 9.47 Å². The average molecular weight is 863 g/mol. The molecule has 0 aromatic heterocycles. The zero-order valence-electron chi connectivity index (χ0n) is 39.0. The lowest BCUT2D eigenvalue weighted by Gasteiger charge is -2.21. The normalized spacial score (nSPS) is 12.6. The van der Waals surface area contributed by atoms with Gasteiger partial charge in [0.15, 0.2) is 0 Å². The van der Waals surface area contributed by atoms with Crippen molar-refractivity contribution in [2.24, 2.45) is 0 Å². The van der Waals surface area contributed by atoms with Gasteiger partial charge < -0.3 is 25.2 Å². The van der Waals surface area contributed by atoms with E-state index in [-0.39, 0.29) is 24.7 Å². The Hall–Kier alpha value is -3.72. The smallest absolute Gasteiger partial charge is 0.329 e. The van der Waals surface area contributed by atoms with Gasteiger partial charge in [-0.1, -0.05) is 229 Å². The third kappa shape index (κ3) is 29.6. The lowest BCUT2D eigenvalue weighted by Crippen LogP contribution is -2.45. The highest BCUT2D eigenvalue weighted by Crippen LogP contribution is 2.15. The molecule has 350 valence electrons. The van der Waals surface area contributed by atoms with E-state index < -0.39 is 43.3 Å². The molecule has 3 N–H and O–H groups in total. The molecule has 2 rings (SSSR count). The number of aliphatic hydroxyl groups excluding tert-OH is 1. The number of rotatable bonds is 40. The molecule has 2 aromatic rings. The van der Waals surface area contributed by atoms with Gasteiger partial charge in [-0.2, -0.15) is 0 Å². The van der Waals surface area contributed by atoms with Crippen LogP contribution in [0.15, 0.2) is 60.7 Å². The fourth-order valence-corrected chi connectivity index (χ4v) is 7.83. The molecule has 62 heavy (non-hydrogen) atoms. The molecule has 2 unspecified atom stereocenters. The van der Waals surface area contributed by atoms with Crippen molar-refractivity contribution in [3.8, 4) is 0 Å². The molecular formula is C53H86N2O7. The Balaban J connectivity index is 1.74. The van der Waals surface area contributed by atoms with Gasteiger partial charge in [-0.05, 0) is 24.0 Å². The summed E-state index contributed by atoms with van der Waals surface area (Å²) in [5.74, 6) is -1.75. The number of hydrogen-bond donors (Lipinski definition) is 3. The van der Waals surface area contributed by atoms with Gasteiger partial charge in [-0.15, -0.1) is 0 Å². The van der Waals surface area contributed by atoms with Crippen molar-refractivity contribution in [1.82, 2.24) is 10.6 Å². The Bertz CT molecular complexity index is 1300. The first-order chi connectivity index (χ1) is 30.3. The van der Waals surface area contributed by atoms with Crippen LogP contribution in [0.4, 0.5) is 0 Å². The van der Waals surface area contributed by atoms with Crippen LogP contribution < -0.4 is 10.6 Å². The Morgan fingerprint density at radius 3 is 1.00 bits per heavy atom. The molecule has 0 radical (unpaired) electrons. The predicted molar refractivity (Wildman–Crippen MR) is 253 cm³/mol. The Kier molecular flexibility index (Phi) is 33.2. The van der Waals surface area contributed by atoms with Crippen LogP contribution in [0.2, 0.25) is 0 Å². The molecule has 9 heteroatoms. The molecule has 0 aliphatic heterocycles. The SMILES string of the molecule is CCCCCCCCCCCCCCCC(=O)NC(Cc1ccccc1)C(=O)OCC(O)COC(=O)C(Cc1ccccc1)NC(=O)CCCCCCCCCCCCCCC. The Morgan fingerprint density at radius 2 is 0.710 bits per heavy atom. The van der Waals surface area contributed by atoms with Crippen LogP contribution in [0.5, 0.6) is 0 Å². The first kappa shape index (κ1) is 54.4. The summed E-state index contributed by atoms with van der Waals surface area (Å²) in [7, 11) is 0. The van der Waals surface area contributed by atoms with Crippen molar-refractivity contribution in [3.63, 3.8) is 0 Å². The summed E-state index contributed by atoms with van der Waals surface area (Å²) < 4.78 is 10.9. The first-order valence-corrected chi connectivity index (χ1v) is 25.0. The fourth-order valence-electron chi connectivity index (χ4n) is 7.83. The number of aliphatic hydroxyl groups is 1. The minimum absolute atomic E-state index is 0.207. The quantitative estimate of drug-likeness (QED) is 0.0449. The first-order valence-electron chi connectivity index (χ1n) is 25.0. The van der Waals surface area contributed by atoms with Gasteiger partial charge in [-0.25, -0.2) is 9.59 Å². The van der Waals surface area contributed by atoms with E-state index in [1.54, 1.807) is 0 Å². The summed E-state index contributed by atoms with van der Waals surface area (Å²) in [5.41, 5.74) is 1.73. The van der Waals surface area contributed by atoms with Crippen LogP contribution in [0.3, 0.4) is 0 Å². The van der Waals surface area contributed by atoms with Crippen LogP contribution in [0.1, 0.15) is 205 Å². The molecule has 0 aliphatic rings. The van der Waals surface area contributed by atoms with Gasteiger partial charge in [0.2, 0.25) is 11.8 Å². The fraction of sp³-hybridized carbons (Fsp3) is 0.698. The van der Waals surface area contributed by atoms with Gasteiger partial charge in [-0.3, -0.25) is 9.59 Å². The summed E-state index contributed by atoms with van der Waals surface area (Å²) >= 11 is 0. The van der Waals surface area contributed by atoms with E-state index in [2.05, 4.69) is 24.5 Å². The van der Waals surface area contributed by atoms with Crippen LogP contribution in [0.25, 0.3) is 0 Å². The molecule has 2 atom stereocenters. The van der Waals surface area contributed by atoms with Crippen LogP contribution in [-0.4, -0.2) is 60.3 Å².